The molecule has 1 saturated carbocycles. The number of aromatic nitrogens is 2. The van der Waals surface area contributed by atoms with E-state index in [2.05, 4.69) is 15.5 Å². The zero-order valence-electron chi connectivity index (χ0n) is 13.0. The second-order valence-electron chi connectivity index (χ2n) is 5.92. The monoisotopic (exact) mass is 349 g/mol. The smallest absolute Gasteiger partial charge is 0.416 e. The summed E-state index contributed by atoms with van der Waals surface area (Å²) in [6.07, 6.45) is -2.25. The van der Waals surface area contributed by atoms with Gasteiger partial charge in [-0.3, -0.25) is 0 Å². The van der Waals surface area contributed by atoms with Crippen LogP contribution in [0.15, 0.2) is 45.2 Å². The molecule has 0 aliphatic heterocycles. The van der Waals surface area contributed by atoms with Crippen molar-refractivity contribution < 1.29 is 22.0 Å². The molecule has 8 heteroatoms. The van der Waals surface area contributed by atoms with Gasteiger partial charge in [0.25, 0.3) is 0 Å². The van der Waals surface area contributed by atoms with Crippen LogP contribution < -0.4 is 5.32 Å². The summed E-state index contributed by atoms with van der Waals surface area (Å²) in [5.41, 5.74) is -0.338. The third-order valence-corrected chi connectivity index (χ3v) is 3.92. The van der Waals surface area contributed by atoms with Crippen LogP contribution in [0, 0.1) is 0 Å². The second-order valence-corrected chi connectivity index (χ2v) is 5.92. The van der Waals surface area contributed by atoms with Gasteiger partial charge in [0.15, 0.2) is 0 Å². The maximum atomic E-state index is 12.8. The van der Waals surface area contributed by atoms with E-state index in [9.17, 15) is 13.2 Å². The van der Waals surface area contributed by atoms with Crippen LogP contribution in [-0.2, 0) is 12.7 Å². The van der Waals surface area contributed by atoms with Crippen molar-refractivity contribution in [1.29, 1.82) is 0 Å². The largest absolute Gasteiger partial charge is 0.459 e. The van der Waals surface area contributed by atoms with Gasteiger partial charge in [-0.1, -0.05) is 17.2 Å². The van der Waals surface area contributed by atoms with Crippen LogP contribution in [0.4, 0.5) is 19.2 Å². The molecule has 0 bridgehead atoms. The first-order chi connectivity index (χ1) is 12.0. The van der Waals surface area contributed by atoms with E-state index in [-0.39, 0.29) is 0 Å². The molecule has 130 valence electrons. The van der Waals surface area contributed by atoms with Crippen molar-refractivity contribution in [3.8, 4) is 11.3 Å². The van der Waals surface area contributed by atoms with Gasteiger partial charge in [-0.25, -0.2) is 0 Å². The summed E-state index contributed by atoms with van der Waals surface area (Å²) in [6, 6.07) is 8.66. The normalized spacial score (nSPS) is 14.7. The fourth-order valence-corrected chi connectivity index (χ4v) is 2.44. The molecule has 2 heterocycles. The Labute approximate surface area is 140 Å². The number of hydrogen-bond donors (Lipinski definition) is 1. The predicted octanol–water partition coefficient (Wildman–Crippen LogP) is 4.84. The van der Waals surface area contributed by atoms with E-state index in [0.717, 1.165) is 25.0 Å². The number of rotatable bonds is 5. The van der Waals surface area contributed by atoms with E-state index in [4.69, 9.17) is 8.83 Å². The Kier molecular flexibility index (Phi) is 3.74. The fourth-order valence-electron chi connectivity index (χ4n) is 2.44. The maximum Gasteiger partial charge on any atom is 0.416 e. The molecule has 4 rings (SSSR count). The Bertz CT molecular complexity index is 881. The van der Waals surface area contributed by atoms with Gasteiger partial charge in [0.1, 0.15) is 11.5 Å². The molecule has 1 aromatic carbocycles. The summed E-state index contributed by atoms with van der Waals surface area (Å²) in [4.78, 5) is 0. The van der Waals surface area contributed by atoms with Crippen molar-refractivity contribution in [3.63, 3.8) is 0 Å². The second kappa shape index (κ2) is 5.94. The first kappa shape index (κ1) is 15.7. The summed E-state index contributed by atoms with van der Waals surface area (Å²) in [5.74, 6) is 1.93. The molecular weight excluding hydrogens is 335 g/mol. The molecule has 1 aliphatic carbocycles. The molecule has 0 atom stereocenters. The molecule has 0 spiro atoms. The van der Waals surface area contributed by atoms with Gasteiger partial charge < -0.3 is 14.2 Å². The Morgan fingerprint density at radius 3 is 2.68 bits per heavy atom. The van der Waals surface area contributed by atoms with Crippen LogP contribution in [0.3, 0.4) is 0 Å². The Balaban J connectivity index is 1.44. The van der Waals surface area contributed by atoms with Crippen molar-refractivity contribution >= 4 is 6.01 Å². The van der Waals surface area contributed by atoms with E-state index in [1.54, 1.807) is 18.2 Å². The zero-order valence-corrected chi connectivity index (χ0v) is 13.0. The van der Waals surface area contributed by atoms with Gasteiger partial charge in [0, 0.05) is 11.5 Å². The molecule has 25 heavy (non-hydrogen) atoms. The van der Waals surface area contributed by atoms with E-state index in [0.29, 0.717) is 41.5 Å². The lowest BCUT2D eigenvalue weighted by atomic mass is 10.1. The number of benzene rings is 1. The molecular formula is C17H14F3N3O2. The summed E-state index contributed by atoms with van der Waals surface area (Å²) in [6.45, 7) is 0.297. The molecule has 0 amide bonds. The lowest BCUT2D eigenvalue weighted by molar-refractivity contribution is -0.137. The van der Waals surface area contributed by atoms with E-state index in [1.165, 1.54) is 6.07 Å². The Morgan fingerprint density at radius 1 is 1.08 bits per heavy atom. The maximum absolute atomic E-state index is 12.8. The predicted molar refractivity (Wildman–Crippen MR) is 82.7 cm³/mol. The average Bonchev–Trinajstić information content (AvgIpc) is 3.15. The summed E-state index contributed by atoms with van der Waals surface area (Å²) in [7, 11) is 0. The number of anilines is 1. The van der Waals surface area contributed by atoms with Crippen molar-refractivity contribution in [2.45, 2.75) is 31.5 Å². The summed E-state index contributed by atoms with van der Waals surface area (Å²) in [5, 5.41) is 10.8. The first-order valence-electron chi connectivity index (χ1n) is 7.82. The van der Waals surface area contributed by atoms with E-state index < -0.39 is 11.7 Å². The highest BCUT2D eigenvalue weighted by Crippen LogP contribution is 2.39. The third kappa shape index (κ3) is 3.52. The lowest BCUT2D eigenvalue weighted by Crippen LogP contribution is -2.04. The van der Waals surface area contributed by atoms with Gasteiger partial charge in [-0.15, -0.1) is 5.10 Å². The molecule has 2 aromatic heterocycles. The standard InChI is InChI=1S/C17H14F3N3O2/c18-17(19,20)12-3-1-2-11(8-12)14-7-6-13(24-14)9-21-16-23-22-15(25-16)10-4-5-10/h1-3,6-8,10H,4-5,9H2,(H,21,23). The molecule has 0 saturated heterocycles. The minimum atomic E-state index is -4.38. The molecule has 5 nitrogen and oxygen atoms in total. The SMILES string of the molecule is FC(F)(F)c1cccc(-c2ccc(CNc3nnc(C4CC4)o3)o2)c1. The van der Waals surface area contributed by atoms with Crippen LogP contribution >= 0.6 is 0 Å². The zero-order chi connectivity index (χ0) is 17.4. The molecule has 1 fully saturated rings. The molecule has 0 unspecified atom stereocenters. The number of nitrogens with zero attached hydrogens (tertiary/aromatic N) is 2. The topological polar surface area (TPSA) is 64.1 Å². The van der Waals surface area contributed by atoms with E-state index >= 15 is 0 Å². The Hall–Kier alpha value is -2.77. The van der Waals surface area contributed by atoms with E-state index in [1.807, 2.05) is 0 Å². The average molecular weight is 349 g/mol. The van der Waals surface area contributed by atoms with Gasteiger partial charge >= 0.3 is 12.2 Å². The van der Waals surface area contributed by atoms with Gasteiger partial charge in [-0.05, 0) is 37.1 Å². The molecule has 0 radical (unpaired) electrons. The van der Waals surface area contributed by atoms with Gasteiger partial charge in [0.2, 0.25) is 5.89 Å². The first-order valence-corrected chi connectivity index (χ1v) is 7.82. The number of hydrogen-bond acceptors (Lipinski definition) is 5. The Morgan fingerprint density at radius 2 is 1.92 bits per heavy atom. The van der Waals surface area contributed by atoms with Crippen LogP contribution in [0.2, 0.25) is 0 Å². The van der Waals surface area contributed by atoms with Crippen LogP contribution in [0.25, 0.3) is 11.3 Å². The fraction of sp³-hybridized carbons (Fsp3) is 0.294. The van der Waals surface area contributed by atoms with Crippen molar-refractivity contribution in [3.05, 3.63) is 53.6 Å². The number of nitrogens with one attached hydrogen (secondary N) is 1. The summed E-state index contributed by atoms with van der Waals surface area (Å²) < 4.78 is 49.5. The highest BCUT2D eigenvalue weighted by atomic mass is 19.4. The van der Waals surface area contributed by atoms with Crippen molar-refractivity contribution in [2.75, 3.05) is 5.32 Å². The van der Waals surface area contributed by atoms with Crippen LogP contribution in [0.5, 0.6) is 0 Å². The van der Waals surface area contributed by atoms with Gasteiger partial charge in [0.05, 0.1) is 12.1 Å². The minimum Gasteiger partial charge on any atom is -0.459 e. The van der Waals surface area contributed by atoms with Crippen LogP contribution in [0.1, 0.15) is 36.0 Å². The third-order valence-electron chi connectivity index (χ3n) is 3.92. The van der Waals surface area contributed by atoms with Crippen molar-refractivity contribution in [2.24, 2.45) is 0 Å². The molecule has 1 aliphatic rings. The van der Waals surface area contributed by atoms with Gasteiger partial charge in [-0.2, -0.15) is 13.2 Å². The highest BCUT2D eigenvalue weighted by Gasteiger charge is 2.31. The number of alkyl halides is 3. The quantitative estimate of drug-likeness (QED) is 0.714. The molecule has 3 aromatic rings. The minimum absolute atomic E-state index is 0.297. The number of halogens is 3. The van der Waals surface area contributed by atoms with Crippen LogP contribution in [-0.4, -0.2) is 10.2 Å². The lowest BCUT2D eigenvalue weighted by Gasteiger charge is -2.07. The number of furan rings is 1. The van der Waals surface area contributed by atoms with Crippen molar-refractivity contribution in [1.82, 2.24) is 10.2 Å². The summed E-state index contributed by atoms with van der Waals surface area (Å²) >= 11 is 0. The highest BCUT2D eigenvalue weighted by molar-refractivity contribution is 5.59. The molecule has 1 N–H and O–H groups in total.